The predicted octanol–water partition coefficient (Wildman–Crippen LogP) is 1.90. The summed E-state index contributed by atoms with van der Waals surface area (Å²) in [7, 11) is 3.89. The number of anilines is 2. The van der Waals surface area contributed by atoms with Gasteiger partial charge in [-0.15, -0.1) is 0 Å². The first-order valence-corrected chi connectivity index (χ1v) is 9.05. The quantitative estimate of drug-likeness (QED) is 0.737. The Morgan fingerprint density at radius 2 is 1.72 bits per heavy atom. The van der Waals surface area contributed by atoms with Crippen molar-refractivity contribution in [3.05, 3.63) is 24.3 Å². The van der Waals surface area contributed by atoms with Crippen molar-refractivity contribution in [2.75, 3.05) is 44.4 Å². The van der Waals surface area contributed by atoms with Crippen LogP contribution in [0.1, 0.15) is 25.7 Å². The molecule has 2 amide bonds. The zero-order valence-electron chi connectivity index (χ0n) is 15.1. The molecular formula is C19H28N4O2. The van der Waals surface area contributed by atoms with Gasteiger partial charge in [0.2, 0.25) is 11.8 Å². The highest BCUT2D eigenvalue weighted by Crippen LogP contribution is 2.58. The van der Waals surface area contributed by atoms with Crippen molar-refractivity contribution in [2.24, 2.45) is 11.3 Å². The van der Waals surface area contributed by atoms with Crippen LogP contribution in [0, 0.1) is 11.3 Å². The number of nitrogens with zero attached hydrogens (tertiary/aromatic N) is 1. The number of carbonyl (C=O) groups excluding carboxylic acids is 2. The third-order valence-electron chi connectivity index (χ3n) is 5.33. The molecule has 1 spiro atoms. The molecule has 1 heterocycles. The lowest BCUT2D eigenvalue weighted by Gasteiger charge is -2.23. The molecule has 6 heteroatoms. The summed E-state index contributed by atoms with van der Waals surface area (Å²) in [5, 5.41) is 9.25. The summed E-state index contributed by atoms with van der Waals surface area (Å²) >= 11 is 0. The van der Waals surface area contributed by atoms with Crippen molar-refractivity contribution in [1.29, 1.82) is 0 Å². The van der Waals surface area contributed by atoms with Crippen LogP contribution in [0.25, 0.3) is 0 Å². The molecule has 3 N–H and O–H groups in total. The number of hydrogen-bond donors (Lipinski definition) is 3. The van der Waals surface area contributed by atoms with Crippen LogP contribution >= 0.6 is 0 Å². The van der Waals surface area contributed by atoms with Gasteiger partial charge in [0, 0.05) is 30.3 Å². The topological polar surface area (TPSA) is 73.5 Å². The number of hydrogen-bond acceptors (Lipinski definition) is 4. The number of benzene rings is 1. The lowest BCUT2D eigenvalue weighted by Crippen LogP contribution is -2.31. The second-order valence-electron chi connectivity index (χ2n) is 7.54. The highest BCUT2D eigenvalue weighted by atomic mass is 16.2. The lowest BCUT2D eigenvalue weighted by molar-refractivity contribution is -0.118. The third-order valence-corrected chi connectivity index (χ3v) is 5.33. The van der Waals surface area contributed by atoms with E-state index in [0.717, 1.165) is 50.3 Å². The van der Waals surface area contributed by atoms with E-state index in [9.17, 15) is 9.59 Å². The third kappa shape index (κ3) is 4.58. The van der Waals surface area contributed by atoms with Crippen molar-refractivity contribution in [2.45, 2.75) is 25.7 Å². The number of piperidine rings is 1. The number of nitrogens with one attached hydrogen (secondary N) is 3. The maximum atomic E-state index is 12.5. The maximum Gasteiger partial charge on any atom is 0.228 e. The first-order valence-electron chi connectivity index (χ1n) is 9.05. The van der Waals surface area contributed by atoms with Gasteiger partial charge in [-0.1, -0.05) is 0 Å². The van der Waals surface area contributed by atoms with E-state index in [2.05, 4.69) is 16.0 Å². The number of amides is 2. The van der Waals surface area contributed by atoms with Crippen LogP contribution in [0.5, 0.6) is 0 Å². The Morgan fingerprint density at radius 1 is 1.12 bits per heavy atom. The Hall–Kier alpha value is -1.92. The van der Waals surface area contributed by atoms with E-state index in [0.29, 0.717) is 6.42 Å². The fourth-order valence-electron chi connectivity index (χ4n) is 3.61. The van der Waals surface area contributed by atoms with Crippen LogP contribution in [0.3, 0.4) is 0 Å². The van der Waals surface area contributed by atoms with Gasteiger partial charge >= 0.3 is 0 Å². The monoisotopic (exact) mass is 344 g/mol. The van der Waals surface area contributed by atoms with Crippen molar-refractivity contribution in [3.63, 3.8) is 0 Å². The van der Waals surface area contributed by atoms with Crippen molar-refractivity contribution in [3.8, 4) is 0 Å². The second kappa shape index (κ2) is 7.54. The summed E-state index contributed by atoms with van der Waals surface area (Å²) in [6, 6.07) is 7.35. The molecule has 6 nitrogen and oxygen atoms in total. The predicted molar refractivity (Wildman–Crippen MR) is 99.5 cm³/mol. The summed E-state index contributed by atoms with van der Waals surface area (Å²) < 4.78 is 0. The van der Waals surface area contributed by atoms with Gasteiger partial charge in [-0.05, 0) is 76.1 Å². The molecule has 1 atom stereocenters. The summed E-state index contributed by atoms with van der Waals surface area (Å²) in [5.74, 6) is 0.279. The molecule has 25 heavy (non-hydrogen) atoms. The normalized spacial score (nSPS) is 21.2. The minimum Gasteiger partial charge on any atom is -0.326 e. The van der Waals surface area contributed by atoms with E-state index in [1.165, 1.54) is 0 Å². The van der Waals surface area contributed by atoms with Gasteiger partial charge in [0.05, 0.1) is 0 Å². The highest BCUT2D eigenvalue weighted by molar-refractivity contribution is 5.96. The van der Waals surface area contributed by atoms with E-state index < -0.39 is 0 Å². The number of rotatable bonds is 6. The average Bonchev–Trinajstić information content (AvgIpc) is 3.28. The van der Waals surface area contributed by atoms with E-state index in [1.807, 2.05) is 43.3 Å². The summed E-state index contributed by atoms with van der Waals surface area (Å²) in [4.78, 5) is 26.3. The SMILES string of the molecule is CN(C)CCC(=O)Nc1ccc(NC(=O)C2CC23CCNCC3)cc1. The Labute approximate surface area is 149 Å². The van der Waals surface area contributed by atoms with Gasteiger partial charge in [0.15, 0.2) is 0 Å². The van der Waals surface area contributed by atoms with Crippen LogP contribution < -0.4 is 16.0 Å². The standard InChI is InChI=1S/C19H28N4O2/c1-23(2)12-7-17(24)21-14-3-5-15(6-4-14)22-18(25)16-13-19(16)8-10-20-11-9-19/h3-6,16,20H,7-13H2,1-2H3,(H,21,24)(H,22,25). The molecule has 1 saturated carbocycles. The molecule has 1 saturated heterocycles. The van der Waals surface area contributed by atoms with Crippen LogP contribution in [-0.2, 0) is 9.59 Å². The molecule has 136 valence electrons. The molecule has 2 aliphatic rings. The average molecular weight is 344 g/mol. The minimum absolute atomic E-state index is 0.00341. The second-order valence-corrected chi connectivity index (χ2v) is 7.54. The van der Waals surface area contributed by atoms with E-state index >= 15 is 0 Å². The zero-order chi connectivity index (χ0) is 17.9. The molecular weight excluding hydrogens is 316 g/mol. The fraction of sp³-hybridized carbons (Fsp3) is 0.579. The van der Waals surface area contributed by atoms with Crippen LogP contribution in [0.4, 0.5) is 11.4 Å². The molecule has 2 fully saturated rings. The smallest absolute Gasteiger partial charge is 0.228 e. The van der Waals surface area contributed by atoms with Crippen molar-refractivity contribution < 1.29 is 9.59 Å². The molecule has 1 aromatic carbocycles. The zero-order valence-corrected chi connectivity index (χ0v) is 15.1. The van der Waals surface area contributed by atoms with E-state index in [-0.39, 0.29) is 23.1 Å². The van der Waals surface area contributed by atoms with Gasteiger partial charge in [-0.25, -0.2) is 0 Å². The Balaban J connectivity index is 1.48. The summed E-state index contributed by atoms with van der Waals surface area (Å²) in [6.07, 6.45) is 3.68. The van der Waals surface area contributed by atoms with Crippen LogP contribution in [0.2, 0.25) is 0 Å². The van der Waals surface area contributed by atoms with Crippen molar-refractivity contribution >= 4 is 23.2 Å². The minimum atomic E-state index is -0.00341. The van der Waals surface area contributed by atoms with Crippen molar-refractivity contribution in [1.82, 2.24) is 10.2 Å². The van der Waals surface area contributed by atoms with Gasteiger partial charge in [-0.3, -0.25) is 9.59 Å². The highest BCUT2D eigenvalue weighted by Gasteiger charge is 2.57. The molecule has 1 aliphatic heterocycles. The van der Waals surface area contributed by atoms with Crippen LogP contribution in [-0.4, -0.2) is 50.4 Å². The largest absolute Gasteiger partial charge is 0.326 e. The lowest BCUT2D eigenvalue weighted by atomic mass is 9.92. The van der Waals surface area contributed by atoms with Gasteiger partial charge in [0.1, 0.15) is 0 Å². The Kier molecular flexibility index (Phi) is 5.39. The molecule has 1 aliphatic carbocycles. The summed E-state index contributed by atoms with van der Waals surface area (Å²) in [5.41, 5.74) is 1.78. The molecule has 0 bridgehead atoms. The first kappa shape index (κ1) is 17.9. The van der Waals surface area contributed by atoms with Crippen LogP contribution in [0.15, 0.2) is 24.3 Å². The molecule has 1 aromatic rings. The van der Waals surface area contributed by atoms with E-state index in [1.54, 1.807) is 0 Å². The van der Waals surface area contributed by atoms with Gasteiger partial charge in [-0.2, -0.15) is 0 Å². The Morgan fingerprint density at radius 3 is 2.32 bits per heavy atom. The molecule has 1 unspecified atom stereocenters. The first-order chi connectivity index (χ1) is 12.0. The summed E-state index contributed by atoms with van der Waals surface area (Å²) in [6.45, 7) is 2.76. The van der Waals surface area contributed by atoms with E-state index in [4.69, 9.17) is 0 Å². The maximum absolute atomic E-state index is 12.5. The molecule has 0 radical (unpaired) electrons. The van der Waals surface area contributed by atoms with Gasteiger partial charge < -0.3 is 20.9 Å². The van der Waals surface area contributed by atoms with Gasteiger partial charge in [0.25, 0.3) is 0 Å². The fourth-order valence-corrected chi connectivity index (χ4v) is 3.61. The molecule has 3 rings (SSSR count). The number of carbonyl (C=O) groups is 2. The Bertz CT molecular complexity index is 621. The molecule has 0 aromatic heterocycles.